The van der Waals surface area contributed by atoms with Crippen LogP contribution < -0.4 is 0 Å². The van der Waals surface area contributed by atoms with E-state index >= 15 is 0 Å². The first-order chi connectivity index (χ1) is 8.14. The molecule has 0 aliphatic carbocycles. The quantitative estimate of drug-likeness (QED) is 0.543. The summed E-state index contributed by atoms with van der Waals surface area (Å²) < 4.78 is 50.6. The molecule has 0 rings (SSSR count). The Bertz CT molecular complexity index is 270. The van der Waals surface area contributed by atoms with Crippen LogP contribution in [0.25, 0.3) is 0 Å². The van der Waals surface area contributed by atoms with Crippen molar-refractivity contribution < 1.29 is 37.2 Å². The van der Waals surface area contributed by atoms with Crippen molar-refractivity contribution in [1.82, 2.24) is 4.90 Å². The van der Waals surface area contributed by atoms with Gasteiger partial charge in [0.15, 0.2) is 0 Å². The van der Waals surface area contributed by atoms with Crippen LogP contribution in [-0.4, -0.2) is 58.8 Å². The molecule has 0 amide bonds. The molecule has 0 spiro atoms. The van der Waals surface area contributed by atoms with E-state index in [9.17, 15) is 17.7 Å². The van der Waals surface area contributed by atoms with E-state index in [1.54, 1.807) is 0 Å². The molecule has 3 N–H and O–H groups in total. The van der Waals surface area contributed by atoms with Crippen molar-refractivity contribution in [2.45, 2.75) is 19.0 Å². The Balaban J connectivity index is 4.02. The maximum Gasteiger partial charge on any atom is 0.469 e. The number of hydrogen-bond donors (Lipinski definition) is 3. The van der Waals surface area contributed by atoms with Crippen LogP contribution in [0.4, 0.5) is 13.2 Å². The molecule has 6 nitrogen and oxygen atoms in total. The van der Waals surface area contributed by atoms with Crippen LogP contribution in [0.5, 0.6) is 0 Å². The van der Waals surface area contributed by atoms with Gasteiger partial charge in [-0.1, -0.05) is 0 Å². The number of nitrogens with zero attached hydrogens (tertiary/aromatic N) is 1. The van der Waals surface area contributed by atoms with Crippen LogP contribution in [0.1, 0.15) is 12.8 Å². The summed E-state index contributed by atoms with van der Waals surface area (Å²) >= 11 is 0. The molecule has 0 saturated carbocycles. The third-order valence-electron chi connectivity index (χ3n) is 2.01. The minimum Gasteiger partial charge on any atom is -0.396 e. The summed E-state index contributed by atoms with van der Waals surface area (Å²) in [6.45, 7) is -0.665. The van der Waals surface area contributed by atoms with E-state index in [1.165, 1.54) is 4.90 Å². The molecule has 10 heteroatoms. The van der Waals surface area contributed by atoms with Gasteiger partial charge in [-0.15, -0.1) is 0 Å². The highest BCUT2D eigenvalue weighted by molar-refractivity contribution is 7.46. The minimum atomic E-state index is -4.60. The van der Waals surface area contributed by atoms with Crippen molar-refractivity contribution >= 4 is 7.82 Å². The number of phosphoric ester groups is 1. The van der Waals surface area contributed by atoms with Crippen LogP contribution >= 0.6 is 7.82 Å². The van der Waals surface area contributed by atoms with Crippen molar-refractivity contribution in [2.75, 3.05) is 32.8 Å². The third kappa shape index (κ3) is 12.3. The lowest BCUT2D eigenvalue weighted by atomic mass is 10.3. The number of halogens is 3. The van der Waals surface area contributed by atoms with Crippen molar-refractivity contribution in [3.63, 3.8) is 0 Å². The van der Waals surface area contributed by atoms with Gasteiger partial charge in [0.2, 0.25) is 0 Å². The number of rotatable bonds is 9. The van der Waals surface area contributed by atoms with Crippen LogP contribution in [0, 0.1) is 0 Å². The van der Waals surface area contributed by atoms with Crippen molar-refractivity contribution in [2.24, 2.45) is 0 Å². The summed E-state index contributed by atoms with van der Waals surface area (Å²) in [6, 6.07) is 0. The average molecular weight is 295 g/mol. The van der Waals surface area contributed by atoms with Crippen LogP contribution in [-0.2, 0) is 9.09 Å². The molecule has 0 aromatic rings. The topological polar surface area (TPSA) is 90.2 Å². The Morgan fingerprint density at radius 2 is 1.78 bits per heavy atom. The smallest absolute Gasteiger partial charge is 0.396 e. The zero-order valence-electron chi connectivity index (χ0n) is 9.64. The van der Waals surface area contributed by atoms with Crippen molar-refractivity contribution in [1.29, 1.82) is 0 Å². The second kappa shape index (κ2) is 8.08. The van der Waals surface area contributed by atoms with Gasteiger partial charge in [0, 0.05) is 26.2 Å². The zero-order valence-corrected chi connectivity index (χ0v) is 10.5. The summed E-state index contributed by atoms with van der Waals surface area (Å²) in [5, 5.41) is 8.59. The Morgan fingerprint density at radius 1 is 1.17 bits per heavy atom. The molecule has 18 heavy (non-hydrogen) atoms. The molecule has 0 fully saturated rings. The molecule has 0 radical (unpaired) electrons. The maximum absolute atomic E-state index is 12.0. The van der Waals surface area contributed by atoms with Crippen molar-refractivity contribution in [3.8, 4) is 0 Å². The molecule has 110 valence electrons. The molecule has 0 aliphatic rings. The fourth-order valence-corrected chi connectivity index (χ4v) is 1.52. The van der Waals surface area contributed by atoms with Gasteiger partial charge in [-0.3, -0.25) is 4.52 Å². The van der Waals surface area contributed by atoms with E-state index in [0.29, 0.717) is 0 Å². The predicted octanol–water partition coefficient (Wildman–Crippen LogP) is 0.732. The van der Waals surface area contributed by atoms with E-state index < -0.39 is 20.4 Å². The van der Waals surface area contributed by atoms with Crippen LogP contribution in [0.2, 0.25) is 0 Å². The summed E-state index contributed by atoms with van der Waals surface area (Å²) in [4.78, 5) is 18.2. The van der Waals surface area contributed by atoms with Gasteiger partial charge in [0.05, 0.1) is 13.0 Å². The van der Waals surface area contributed by atoms with E-state index in [-0.39, 0.29) is 39.3 Å². The third-order valence-corrected chi connectivity index (χ3v) is 2.53. The normalized spacial score (nSPS) is 13.3. The van der Waals surface area contributed by atoms with E-state index in [0.717, 1.165) is 0 Å². The fraction of sp³-hybridized carbons (Fsp3) is 1.00. The highest BCUT2D eigenvalue weighted by atomic mass is 31.2. The van der Waals surface area contributed by atoms with Gasteiger partial charge in [-0.2, -0.15) is 13.2 Å². The molecule has 0 atom stereocenters. The van der Waals surface area contributed by atoms with Gasteiger partial charge < -0.3 is 19.8 Å². The zero-order chi connectivity index (χ0) is 14.2. The number of phosphoric acid groups is 1. The first-order valence-corrected chi connectivity index (χ1v) is 6.77. The highest BCUT2D eigenvalue weighted by Gasteiger charge is 2.27. The highest BCUT2D eigenvalue weighted by Crippen LogP contribution is 2.35. The lowest BCUT2D eigenvalue weighted by Gasteiger charge is -2.22. The largest absolute Gasteiger partial charge is 0.469 e. The predicted molar refractivity (Wildman–Crippen MR) is 56.8 cm³/mol. The number of alkyl halides is 3. The lowest BCUT2D eigenvalue weighted by molar-refractivity contribution is -0.138. The summed E-state index contributed by atoms with van der Waals surface area (Å²) in [7, 11) is -4.60. The molecule has 0 bridgehead atoms. The second-order valence-electron chi connectivity index (χ2n) is 3.61. The second-order valence-corrected chi connectivity index (χ2v) is 4.85. The summed E-state index contributed by atoms with van der Waals surface area (Å²) in [6.07, 6.45) is -5.02. The Labute approximate surface area is 103 Å². The average Bonchev–Trinajstić information content (AvgIpc) is 2.18. The van der Waals surface area contributed by atoms with E-state index in [4.69, 9.17) is 14.9 Å². The van der Waals surface area contributed by atoms with Crippen LogP contribution in [0.3, 0.4) is 0 Å². The molecule has 0 unspecified atom stereocenters. The van der Waals surface area contributed by atoms with Gasteiger partial charge in [0.25, 0.3) is 0 Å². The molecule has 0 aromatic heterocycles. The first kappa shape index (κ1) is 17.8. The molecule has 0 heterocycles. The molecule has 0 aromatic carbocycles. The molecular formula is C8H17F3NO5P. The molecule has 0 saturated heterocycles. The standard InChI is InChI=1S/C8H17F3NO5P/c9-8(10,11)2-4-12(3-1-6-13)5-7-17-18(14,15)16/h13H,1-7H2,(H2,14,15,16). The maximum atomic E-state index is 12.0. The van der Waals surface area contributed by atoms with Gasteiger partial charge in [-0.05, 0) is 6.42 Å². The summed E-state index contributed by atoms with van der Waals surface area (Å²) in [5.74, 6) is 0. The molecule has 0 aliphatic heterocycles. The fourth-order valence-electron chi connectivity index (χ4n) is 1.20. The Morgan fingerprint density at radius 3 is 2.22 bits per heavy atom. The lowest BCUT2D eigenvalue weighted by Crippen LogP contribution is -2.32. The van der Waals surface area contributed by atoms with Crippen molar-refractivity contribution in [3.05, 3.63) is 0 Å². The molecular weight excluding hydrogens is 278 g/mol. The van der Waals surface area contributed by atoms with E-state index in [1.807, 2.05) is 0 Å². The van der Waals surface area contributed by atoms with Crippen LogP contribution in [0.15, 0.2) is 0 Å². The van der Waals surface area contributed by atoms with Gasteiger partial charge in [-0.25, -0.2) is 4.57 Å². The number of aliphatic hydroxyl groups is 1. The number of hydrogen-bond acceptors (Lipinski definition) is 4. The van der Waals surface area contributed by atoms with E-state index in [2.05, 4.69) is 4.52 Å². The Kier molecular flexibility index (Phi) is 8.00. The monoisotopic (exact) mass is 295 g/mol. The number of aliphatic hydroxyl groups excluding tert-OH is 1. The first-order valence-electron chi connectivity index (χ1n) is 5.24. The van der Waals surface area contributed by atoms with Gasteiger partial charge in [0.1, 0.15) is 0 Å². The van der Waals surface area contributed by atoms with Gasteiger partial charge >= 0.3 is 14.0 Å². The summed E-state index contributed by atoms with van der Waals surface area (Å²) in [5.41, 5.74) is 0. The SMILES string of the molecule is O=P(O)(O)OCCN(CCCO)CCC(F)(F)F. The minimum absolute atomic E-state index is 0.0405. The Hall–Kier alpha value is -0.180.